The highest BCUT2D eigenvalue weighted by Gasteiger charge is 2.39. The number of ether oxygens (including phenoxy) is 1. The summed E-state index contributed by atoms with van der Waals surface area (Å²) in [7, 11) is 1.32. The van der Waals surface area contributed by atoms with Crippen molar-refractivity contribution in [1.82, 2.24) is 35.1 Å². The normalized spacial score (nSPS) is 22.7. The number of fused-ring (bicyclic) bond motifs is 2. The second kappa shape index (κ2) is 17.8. The highest BCUT2D eigenvalue weighted by molar-refractivity contribution is 5.87. The number of aromatic nitrogens is 4. The Balaban J connectivity index is 1.02. The summed E-state index contributed by atoms with van der Waals surface area (Å²) in [5, 5.41) is 2.76. The first-order valence-electron chi connectivity index (χ1n) is 23.4. The van der Waals surface area contributed by atoms with Crippen molar-refractivity contribution in [3.05, 3.63) is 89.0 Å². The van der Waals surface area contributed by atoms with Crippen LogP contribution in [0.15, 0.2) is 60.7 Å². The molecule has 0 unspecified atom stereocenters. The van der Waals surface area contributed by atoms with E-state index in [1.54, 1.807) is 0 Å². The molecule has 62 heavy (non-hydrogen) atoms. The van der Waals surface area contributed by atoms with Crippen LogP contribution in [0.5, 0.6) is 0 Å². The average Bonchev–Trinajstić information content (AvgIpc) is 4.13. The number of hydrogen-bond donors (Lipinski definition) is 3. The molecule has 1 saturated carbocycles. The molecule has 3 amide bonds. The smallest absolute Gasteiger partial charge is 0.407 e. The fourth-order valence-electron chi connectivity index (χ4n) is 11.0. The molecule has 5 heterocycles. The Morgan fingerprint density at radius 1 is 0.677 bits per heavy atom. The predicted octanol–water partition coefficient (Wildman–Crippen LogP) is 10.3. The van der Waals surface area contributed by atoms with Gasteiger partial charge in [-0.2, -0.15) is 0 Å². The number of likely N-dealkylation sites (tertiary alicyclic amines) is 2. The van der Waals surface area contributed by atoms with Gasteiger partial charge in [-0.05, 0) is 122 Å². The topological polar surface area (TPSA) is 140 Å². The van der Waals surface area contributed by atoms with E-state index in [9.17, 15) is 14.4 Å². The number of hydrogen-bond acceptors (Lipinski definition) is 7. The average molecular weight is 841 g/mol. The second-order valence-electron chi connectivity index (χ2n) is 19.1. The molecule has 4 fully saturated rings. The number of amides is 3. The minimum atomic E-state index is -0.684. The lowest BCUT2D eigenvalue weighted by atomic mass is 9.84. The number of anilines is 1. The minimum Gasteiger partial charge on any atom is -0.453 e. The number of carbonyl (C=O) groups is 3. The quantitative estimate of drug-likeness (QED) is 0.120. The van der Waals surface area contributed by atoms with Crippen molar-refractivity contribution < 1.29 is 19.1 Å². The third kappa shape index (κ3) is 8.29. The first-order chi connectivity index (χ1) is 30.1. The van der Waals surface area contributed by atoms with Crippen LogP contribution in [0.25, 0.3) is 22.1 Å². The van der Waals surface area contributed by atoms with Gasteiger partial charge in [0.1, 0.15) is 17.7 Å². The molecule has 0 spiro atoms. The van der Waals surface area contributed by atoms with Crippen LogP contribution in [0.4, 0.5) is 10.5 Å². The number of benzene rings is 3. The predicted molar refractivity (Wildman–Crippen MR) is 243 cm³/mol. The van der Waals surface area contributed by atoms with Crippen LogP contribution in [-0.4, -0.2) is 73.9 Å². The van der Waals surface area contributed by atoms with E-state index in [1.165, 1.54) is 61.6 Å². The number of alkyl carbamates (subject to hydrolysis) is 1. The summed E-state index contributed by atoms with van der Waals surface area (Å²) in [5.41, 5.74) is 8.94. The number of nitrogens with one attached hydrogen (secondary N) is 3. The van der Waals surface area contributed by atoms with Gasteiger partial charge < -0.3 is 34.7 Å². The molecular formula is C50H64N8O4. The first kappa shape index (κ1) is 41.9. The maximum Gasteiger partial charge on any atom is 0.407 e. The van der Waals surface area contributed by atoms with Gasteiger partial charge in [0, 0.05) is 25.2 Å². The van der Waals surface area contributed by atoms with Crippen LogP contribution in [0.2, 0.25) is 0 Å². The molecule has 0 bridgehead atoms. The molecule has 12 nitrogen and oxygen atoms in total. The van der Waals surface area contributed by atoms with Crippen molar-refractivity contribution in [2.24, 2.45) is 11.8 Å². The third-order valence-corrected chi connectivity index (χ3v) is 14.2. The van der Waals surface area contributed by atoms with E-state index in [2.05, 4.69) is 94.7 Å². The summed E-state index contributed by atoms with van der Waals surface area (Å²) in [6.07, 6.45) is 12.0. The van der Waals surface area contributed by atoms with Gasteiger partial charge in [0.15, 0.2) is 0 Å². The fourth-order valence-corrected chi connectivity index (χ4v) is 11.0. The zero-order valence-corrected chi connectivity index (χ0v) is 37.2. The van der Waals surface area contributed by atoms with Gasteiger partial charge in [-0.15, -0.1) is 0 Å². The Bertz CT molecular complexity index is 2400. The van der Waals surface area contributed by atoms with Gasteiger partial charge in [0.25, 0.3) is 0 Å². The van der Waals surface area contributed by atoms with E-state index in [-0.39, 0.29) is 41.9 Å². The monoisotopic (exact) mass is 841 g/mol. The number of H-pyrrole nitrogens is 2. The van der Waals surface area contributed by atoms with Crippen LogP contribution >= 0.6 is 0 Å². The van der Waals surface area contributed by atoms with Crippen molar-refractivity contribution in [3.8, 4) is 0 Å². The molecule has 3 aliphatic heterocycles. The van der Waals surface area contributed by atoms with Crippen LogP contribution in [0.1, 0.15) is 163 Å². The molecular weight excluding hydrogens is 777 g/mol. The lowest BCUT2D eigenvalue weighted by molar-refractivity contribution is -0.135. The van der Waals surface area contributed by atoms with E-state index in [0.29, 0.717) is 24.8 Å². The lowest BCUT2D eigenvalue weighted by Gasteiger charge is -2.34. The van der Waals surface area contributed by atoms with Gasteiger partial charge >= 0.3 is 6.09 Å². The molecule has 3 saturated heterocycles. The molecule has 12 heteroatoms. The maximum atomic E-state index is 13.9. The van der Waals surface area contributed by atoms with Crippen molar-refractivity contribution in [3.63, 3.8) is 0 Å². The number of carbonyl (C=O) groups excluding carboxylic acids is 3. The Hall–Kier alpha value is -5.39. The Labute approximate surface area is 365 Å². The molecule has 5 atom stereocenters. The van der Waals surface area contributed by atoms with Crippen LogP contribution in [0, 0.1) is 11.8 Å². The fraction of sp³-hybridized carbons (Fsp3) is 0.540. The Morgan fingerprint density at radius 2 is 1.23 bits per heavy atom. The molecule has 3 N–H and O–H groups in total. The number of aromatic amines is 2. The number of nitrogens with zero attached hydrogens (tertiary/aromatic N) is 5. The number of methoxy groups -OCH3 is 1. The van der Waals surface area contributed by atoms with Crippen molar-refractivity contribution in [2.75, 3.05) is 25.1 Å². The maximum absolute atomic E-state index is 13.9. The third-order valence-electron chi connectivity index (χ3n) is 14.2. The SMILES string of the molecule is COC(=O)N[C@H](C(=O)N1CCC[C@H]1c1nc2ccc([C@H]3CC[C@H](c4ccc5nc([C@@H]6CCCN6C(=O)CC(C)C)[nH]c5c4)N3c3ccc(C4CCCCC4)cc3)cc2[nH]1)C(C)C. The molecule has 4 aliphatic rings. The van der Waals surface area contributed by atoms with Gasteiger partial charge in [0.2, 0.25) is 11.8 Å². The van der Waals surface area contributed by atoms with Crippen LogP contribution in [0.3, 0.4) is 0 Å². The van der Waals surface area contributed by atoms with E-state index in [0.717, 1.165) is 78.8 Å². The van der Waals surface area contributed by atoms with Gasteiger partial charge in [-0.25, -0.2) is 14.8 Å². The number of imidazole rings is 2. The van der Waals surface area contributed by atoms with Crippen LogP contribution in [-0.2, 0) is 14.3 Å². The summed E-state index contributed by atoms with van der Waals surface area (Å²) < 4.78 is 4.84. The van der Waals surface area contributed by atoms with Gasteiger partial charge in [0.05, 0.1) is 53.3 Å². The summed E-state index contributed by atoms with van der Waals surface area (Å²) in [4.78, 5) is 63.2. The van der Waals surface area contributed by atoms with E-state index in [4.69, 9.17) is 14.7 Å². The molecule has 9 rings (SSSR count). The van der Waals surface area contributed by atoms with E-state index in [1.807, 2.05) is 23.6 Å². The minimum absolute atomic E-state index is 0.0113. The summed E-state index contributed by atoms with van der Waals surface area (Å²) in [5.74, 6) is 2.63. The summed E-state index contributed by atoms with van der Waals surface area (Å²) >= 11 is 0. The zero-order valence-electron chi connectivity index (χ0n) is 37.2. The van der Waals surface area contributed by atoms with Crippen molar-refractivity contribution >= 4 is 45.7 Å². The lowest BCUT2D eigenvalue weighted by Crippen LogP contribution is -2.51. The Morgan fingerprint density at radius 3 is 1.77 bits per heavy atom. The van der Waals surface area contributed by atoms with Crippen molar-refractivity contribution in [2.45, 2.75) is 141 Å². The standard InChI is InChI=1S/C50H64N8O4/c1-30(2)27-45(59)56-25-9-13-43(56)47-51-37-21-17-34(28-39(37)53-47)41-23-24-42(58(41)36-19-15-33(16-20-36)32-11-7-6-8-12-32)35-18-22-38-40(29-35)54-48(52-38)44-14-10-26-57(44)49(60)46(31(3)4)55-50(61)62-5/h15-22,28-32,41-44,46H,6-14,23-27H2,1-5H3,(H,51,53)(H,52,54)(H,55,61)/t41-,42-,43+,44+,46+/m1/s1. The summed E-state index contributed by atoms with van der Waals surface area (Å²) in [6.45, 7) is 9.47. The summed E-state index contributed by atoms with van der Waals surface area (Å²) in [6, 6.07) is 22.1. The molecule has 3 aromatic carbocycles. The van der Waals surface area contributed by atoms with Gasteiger partial charge in [-0.1, -0.05) is 71.2 Å². The van der Waals surface area contributed by atoms with Crippen LogP contribution < -0.4 is 10.2 Å². The first-order valence-corrected chi connectivity index (χ1v) is 23.4. The number of rotatable bonds is 11. The van der Waals surface area contributed by atoms with Crippen molar-refractivity contribution in [1.29, 1.82) is 0 Å². The second-order valence-corrected chi connectivity index (χ2v) is 19.1. The molecule has 2 aromatic heterocycles. The zero-order chi connectivity index (χ0) is 43.1. The molecule has 5 aromatic rings. The van der Waals surface area contributed by atoms with E-state index >= 15 is 0 Å². The molecule has 0 radical (unpaired) electrons. The van der Waals surface area contributed by atoms with Gasteiger partial charge in [-0.3, -0.25) is 9.59 Å². The molecule has 328 valence electrons. The largest absolute Gasteiger partial charge is 0.453 e. The molecule has 1 aliphatic carbocycles. The van der Waals surface area contributed by atoms with E-state index < -0.39 is 12.1 Å². The highest BCUT2D eigenvalue weighted by atomic mass is 16.5. The Kier molecular flexibility index (Phi) is 12.0. The highest BCUT2D eigenvalue weighted by Crippen LogP contribution is 2.48.